The van der Waals surface area contributed by atoms with Crippen LogP contribution in [0.1, 0.15) is 101 Å². The second kappa shape index (κ2) is 10.5. The van der Waals surface area contributed by atoms with Gasteiger partial charge in [0, 0.05) is 32.7 Å². The summed E-state index contributed by atoms with van der Waals surface area (Å²) >= 11 is 0. The van der Waals surface area contributed by atoms with Crippen LogP contribution in [0.25, 0.3) is 27.6 Å². The quantitative estimate of drug-likeness (QED) is 0.205. The molecule has 5 heteroatoms. The summed E-state index contributed by atoms with van der Waals surface area (Å²) in [7, 11) is 0. The Bertz CT molecular complexity index is 2030. The average molecular weight is 591 g/mol. The lowest BCUT2D eigenvalue weighted by Crippen LogP contribution is -2.17. The number of aliphatic imine (C=N–C) groups is 1. The molecule has 2 aromatic heterocycles. The Labute approximate surface area is 266 Å². The highest BCUT2D eigenvalue weighted by atomic mass is 16.5. The van der Waals surface area contributed by atoms with E-state index in [1.165, 1.54) is 16.5 Å². The normalized spacial score (nSPS) is 18.7. The largest absolute Gasteiger partial charge is 0.475 e. The maximum Gasteiger partial charge on any atom is 0.216 e. The van der Waals surface area contributed by atoms with Crippen LogP contribution >= 0.6 is 0 Å². The lowest BCUT2D eigenvalue weighted by atomic mass is 9.86. The standard InChI is InChI=1S/C39H45N3O2/c1-24(2)25-17-26(36-41-39(9,10)23-43-36)19-30(18-25)44-29-12-13-31-32-20-27(37(3,4)5)11-14-33(32)42(34(31)22-29)35-21-28(15-16-40-35)38(6,7)8/h11-22,24H,23H2,1-10H3/i9D3/t39-/m0/s1. The number of nitrogens with zero attached hydrogens (tertiary/aromatic N) is 3. The summed E-state index contributed by atoms with van der Waals surface area (Å²) < 4.78 is 38.6. The molecule has 0 saturated carbocycles. The fraction of sp³-hybridized carbons (Fsp3) is 0.385. The summed E-state index contributed by atoms with van der Waals surface area (Å²) in [4.78, 5) is 9.39. The van der Waals surface area contributed by atoms with E-state index in [0.717, 1.165) is 27.8 Å². The molecule has 228 valence electrons. The van der Waals surface area contributed by atoms with Gasteiger partial charge in [-0.05, 0) is 102 Å². The van der Waals surface area contributed by atoms with E-state index in [1.54, 1.807) is 6.92 Å². The predicted octanol–water partition coefficient (Wildman–Crippen LogP) is 10.2. The van der Waals surface area contributed by atoms with Crippen LogP contribution in [0.5, 0.6) is 11.5 Å². The minimum absolute atomic E-state index is 0.00344. The highest BCUT2D eigenvalue weighted by Crippen LogP contribution is 2.38. The van der Waals surface area contributed by atoms with Crippen molar-refractivity contribution in [1.29, 1.82) is 0 Å². The van der Waals surface area contributed by atoms with Crippen molar-refractivity contribution < 1.29 is 13.6 Å². The van der Waals surface area contributed by atoms with Crippen molar-refractivity contribution in [1.82, 2.24) is 9.55 Å². The molecule has 0 fully saturated rings. The molecule has 0 unspecified atom stereocenters. The summed E-state index contributed by atoms with van der Waals surface area (Å²) in [6.45, 7) is 16.9. The molecular weight excluding hydrogens is 542 g/mol. The molecule has 0 saturated heterocycles. The number of hydrogen-bond donors (Lipinski definition) is 0. The average Bonchev–Trinajstić information content (AvgIpc) is 3.54. The van der Waals surface area contributed by atoms with Crippen molar-refractivity contribution >= 4 is 27.7 Å². The van der Waals surface area contributed by atoms with E-state index in [2.05, 4.69) is 107 Å². The van der Waals surface area contributed by atoms with Crippen LogP contribution in [0.2, 0.25) is 0 Å². The highest BCUT2D eigenvalue weighted by Gasteiger charge is 2.28. The summed E-state index contributed by atoms with van der Waals surface area (Å²) in [5.74, 6) is 2.70. The molecule has 0 amide bonds. The van der Waals surface area contributed by atoms with Crippen LogP contribution in [0, 0.1) is 0 Å². The van der Waals surface area contributed by atoms with Crippen molar-refractivity contribution in [2.45, 2.75) is 91.5 Å². The number of aromatic nitrogens is 2. The van der Waals surface area contributed by atoms with E-state index >= 15 is 0 Å². The van der Waals surface area contributed by atoms with Crippen molar-refractivity contribution in [2.75, 3.05) is 6.61 Å². The smallest absolute Gasteiger partial charge is 0.216 e. The van der Waals surface area contributed by atoms with Gasteiger partial charge in [-0.1, -0.05) is 61.5 Å². The molecule has 5 nitrogen and oxygen atoms in total. The van der Waals surface area contributed by atoms with Gasteiger partial charge in [0.2, 0.25) is 5.90 Å². The number of ether oxygens (including phenoxy) is 2. The molecule has 3 heterocycles. The Morgan fingerprint density at radius 2 is 1.59 bits per heavy atom. The summed E-state index contributed by atoms with van der Waals surface area (Å²) in [6, 6.07) is 23.1. The lowest BCUT2D eigenvalue weighted by Gasteiger charge is -2.20. The summed E-state index contributed by atoms with van der Waals surface area (Å²) in [6.07, 6.45) is 1.89. The Balaban J connectivity index is 1.49. The number of benzene rings is 3. The topological polar surface area (TPSA) is 48.6 Å². The van der Waals surface area contributed by atoms with Gasteiger partial charge in [-0.3, -0.25) is 4.57 Å². The lowest BCUT2D eigenvalue weighted by molar-refractivity contribution is 0.279. The molecule has 3 aromatic carbocycles. The molecule has 5 aromatic rings. The van der Waals surface area contributed by atoms with Crippen LogP contribution in [0.3, 0.4) is 0 Å². The summed E-state index contributed by atoms with van der Waals surface area (Å²) in [5, 5.41) is 2.29. The Hall–Kier alpha value is -4.12. The first-order valence-corrected chi connectivity index (χ1v) is 15.5. The number of rotatable bonds is 5. The molecule has 1 atom stereocenters. The van der Waals surface area contributed by atoms with E-state index in [1.807, 2.05) is 30.5 Å². The maximum atomic E-state index is 7.96. The third-order valence-corrected chi connectivity index (χ3v) is 8.36. The first kappa shape index (κ1) is 26.3. The van der Waals surface area contributed by atoms with Gasteiger partial charge in [0.05, 0.1) is 16.6 Å². The van der Waals surface area contributed by atoms with Crippen LogP contribution in [0.4, 0.5) is 0 Å². The van der Waals surface area contributed by atoms with E-state index in [-0.39, 0.29) is 23.4 Å². The molecule has 44 heavy (non-hydrogen) atoms. The van der Waals surface area contributed by atoms with Gasteiger partial charge in [-0.2, -0.15) is 0 Å². The van der Waals surface area contributed by atoms with E-state index in [0.29, 0.717) is 23.0 Å². The predicted molar refractivity (Wildman–Crippen MR) is 183 cm³/mol. The zero-order valence-electron chi connectivity index (χ0n) is 30.4. The Morgan fingerprint density at radius 3 is 2.27 bits per heavy atom. The highest BCUT2D eigenvalue weighted by molar-refractivity contribution is 6.09. The summed E-state index contributed by atoms with van der Waals surface area (Å²) in [5.41, 5.74) is 4.99. The molecule has 0 bridgehead atoms. The maximum absolute atomic E-state index is 7.96. The van der Waals surface area contributed by atoms with Crippen LogP contribution in [-0.2, 0) is 15.6 Å². The second-order valence-corrected chi connectivity index (χ2v) is 14.7. The number of pyridine rings is 1. The molecule has 0 N–H and O–H groups in total. The third-order valence-electron chi connectivity index (χ3n) is 8.36. The zero-order valence-corrected chi connectivity index (χ0v) is 27.4. The SMILES string of the molecule is [2H]C([2H])([2H])[C@]1(C)COC(c2cc(Oc3ccc4c5cc(C(C)(C)C)ccc5n(-c5cc(C(C)(C)C)ccn5)c4c3)cc(C(C)C)c2)=N1. The molecule has 0 radical (unpaired) electrons. The molecule has 6 rings (SSSR count). The van der Waals surface area contributed by atoms with Gasteiger partial charge in [0.1, 0.15) is 23.9 Å². The Kier molecular flexibility index (Phi) is 6.28. The second-order valence-electron chi connectivity index (χ2n) is 14.7. The van der Waals surface area contributed by atoms with Gasteiger partial charge in [0.25, 0.3) is 0 Å². The molecule has 0 aliphatic carbocycles. The van der Waals surface area contributed by atoms with Gasteiger partial charge >= 0.3 is 0 Å². The van der Waals surface area contributed by atoms with Crippen molar-refractivity contribution in [3.8, 4) is 17.3 Å². The van der Waals surface area contributed by atoms with Crippen LogP contribution in [0.15, 0.2) is 77.9 Å². The van der Waals surface area contributed by atoms with Crippen molar-refractivity contribution in [2.24, 2.45) is 4.99 Å². The van der Waals surface area contributed by atoms with E-state index in [9.17, 15) is 0 Å². The van der Waals surface area contributed by atoms with Gasteiger partial charge in [0.15, 0.2) is 0 Å². The van der Waals surface area contributed by atoms with Crippen LogP contribution < -0.4 is 4.74 Å². The van der Waals surface area contributed by atoms with Crippen molar-refractivity contribution in [3.05, 3.63) is 95.2 Å². The van der Waals surface area contributed by atoms with Gasteiger partial charge in [-0.15, -0.1) is 0 Å². The molecule has 1 aliphatic heterocycles. The Morgan fingerprint density at radius 1 is 0.841 bits per heavy atom. The monoisotopic (exact) mass is 590 g/mol. The third kappa shape index (κ3) is 5.72. The first-order valence-electron chi connectivity index (χ1n) is 17.0. The first-order chi connectivity index (χ1) is 21.8. The zero-order chi connectivity index (χ0) is 34.1. The number of fused-ring (bicyclic) bond motifs is 3. The fourth-order valence-electron chi connectivity index (χ4n) is 5.70. The molecular formula is C39H45N3O2. The number of hydrogen-bond acceptors (Lipinski definition) is 4. The minimum Gasteiger partial charge on any atom is -0.475 e. The van der Waals surface area contributed by atoms with Crippen molar-refractivity contribution in [3.63, 3.8) is 0 Å². The molecule has 0 spiro atoms. The molecule has 1 aliphatic rings. The van der Waals surface area contributed by atoms with Crippen LogP contribution in [-0.4, -0.2) is 27.6 Å². The minimum atomic E-state index is -2.27. The van der Waals surface area contributed by atoms with E-state index in [4.69, 9.17) is 18.6 Å². The van der Waals surface area contributed by atoms with E-state index < -0.39 is 12.4 Å². The van der Waals surface area contributed by atoms with Gasteiger partial charge in [-0.25, -0.2) is 9.98 Å². The fourth-order valence-corrected chi connectivity index (χ4v) is 5.70. The van der Waals surface area contributed by atoms with Gasteiger partial charge < -0.3 is 9.47 Å².